The summed E-state index contributed by atoms with van der Waals surface area (Å²) in [5.74, 6) is -0.224. The van der Waals surface area contributed by atoms with E-state index in [0.717, 1.165) is 49.9 Å². The molecule has 0 heterocycles. The van der Waals surface area contributed by atoms with Crippen LogP contribution in [0.3, 0.4) is 0 Å². The van der Waals surface area contributed by atoms with Gasteiger partial charge in [0, 0.05) is 23.4 Å². The summed E-state index contributed by atoms with van der Waals surface area (Å²) >= 11 is 5.24. The van der Waals surface area contributed by atoms with Gasteiger partial charge in [0.1, 0.15) is 0 Å². The smallest absolute Gasteiger partial charge is 0.257 e. The second-order valence-electron chi connectivity index (χ2n) is 7.29. The van der Waals surface area contributed by atoms with Gasteiger partial charge in [0.15, 0.2) is 5.11 Å². The van der Waals surface area contributed by atoms with E-state index in [4.69, 9.17) is 12.2 Å². The highest BCUT2D eigenvalue weighted by Crippen LogP contribution is 2.14. The van der Waals surface area contributed by atoms with Gasteiger partial charge in [-0.05, 0) is 73.4 Å². The third kappa shape index (κ3) is 8.33. The van der Waals surface area contributed by atoms with Crippen molar-refractivity contribution < 1.29 is 9.59 Å². The number of anilines is 2. The summed E-state index contributed by atoms with van der Waals surface area (Å²) in [4.78, 5) is 24.3. The summed E-state index contributed by atoms with van der Waals surface area (Å²) in [5, 5.41) is 8.80. The normalized spacial score (nSPS) is 10.3. The van der Waals surface area contributed by atoms with E-state index in [9.17, 15) is 9.59 Å². The number of carbonyl (C=O) groups excluding carboxylic acids is 2. The minimum atomic E-state index is -0.245. The average Bonchev–Trinajstić information content (AvgIpc) is 2.74. The van der Waals surface area contributed by atoms with E-state index in [0.29, 0.717) is 12.0 Å². The molecule has 0 atom stereocenters. The molecule has 2 amide bonds. The van der Waals surface area contributed by atoms with Crippen molar-refractivity contribution in [2.45, 2.75) is 58.8 Å². The van der Waals surface area contributed by atoms with Crippen LogP contribution in [0.2, 0.25) is 0 Å². The van der Waals surface area contributed by atoms with Gasteiger partial charge in [0.25, 0.3) is 5.91 Å². The summed E-state index contributed by atoms with van der Waals surface area (Å²) in [7, 11) is 0. The van der Waals surface area contributed by atoms with E-state index < -0.39 is 0 Å². The molecule has 6 heteroatoms. The molecule has 3 N–H and O–H groups in total. The molecule has 160 valence electrons. The summed E-state index contributed by atoms with van der Waals surface area (Å²) in [6.07, 6.45) is 6.89. The Balaban J connectivity index is 1.81. The van der Waals surface area contributed by atoms with Crippen LogP contribution < -0.4 is 16.0 Å². The van der Waals surface area contributed by atoms with Gasteiger partial charge in [-0.25, -0.2) is 0 Å². The maximum Gasteiger partial charge on any atom is 0.257 e. The minimum Gasteiger partial charge on any atom is -0.332 e. The maximum atomic E-state index is 12.4. The first-order valence-electron chi connectivity index (χ1n) is 10.6. The highest BCUT2D eigenvalue weighted by atomic mass is 32.1. The number of hydrogen-bond donors (Lipinski definition) is 3. The van der Waals surface area contributed by atoms with Crippen molar-refractivity contribution in [3.05, 3.63) is 59.7 Å². The molecule has 0 saturated heterocycles. The van der Waals surface area contributed by atoms with E-state index in [-0.39, 0.29) is 16.9 Å². The van der Waals surface area contributed by atoms with E-state index in [2.05, 4.69) is 29.8 Å². The number of aryl methyl sites for hydroxylation is 1. The number of rotatable bonds is 10. The molecule has 5 nitrogen and oxygen atoms in total. The fraction of sp³-hybridized carbons (Fsp3) is 0.375. The molecule has 2 aromatic carbocycles. The van der Waals surface area contributed by atoms with E-state index in [1.807, 2.05) is 36.4 Å². The quantitative estimate of drug-likeness (QED) is 0.339. The number of thiocarbonyl (C=S) groups is 1. The van der Waals surface area contributed by atoms with Crippen molar-refractivity contribution in [3.63, 3.8) is 0 Å². The van der Waals surface area contributed by atoms with Crippen molar-refractivity contribution >= 4 is 40.5 Å². The van der Waals surface area contributed by atoms with Crippen LogP contribution in [0.25, 0.3) is 0 Å². The molecule has 30 heavy (non-hydrogen) atoms. The molecule has 2 rings (SSSR count). The van der Waals surface area contributed by atoms with Crippen LogP contribution in [-0.4, -0.2) is 16.9 Å². The average molecular weight is 426 g/mol. The first-order valence-corrected chi connectivity index (χ1v) is 11.0. The van der Waals surface area contributed by atoms with Crippen LogP contribution in [-0.2, 0) is 11.2 Å². The lowest BCUT2D eigenvalue weighted by Crippen LogP contribution is -2.34. The van der Waals surface area contributed by atoms with Crippen molar-refractivity contribution in [2.24, 2.45) is 0 Å². The Kier molecular flexibility index (Phi) is 10.0. The first-order chi connectivity index (χ1) is 14.5. The van der Waals surface area contributed by atoms with Gasteiger partial charge < -0.3 is 10.6 Å². The molecule has 0 aromatic heterocycles. The van der Waals surface area contributed by atoms with Gasteiger partial charge in [-0.1, -0.05) is 45.2 Å². The topological polar surface area (TPSA) is 70.2 Å². The largest absolute Gasteiger partial charge is 0.332 e. The second kappa shape index (κ2) is 12.8. The highest BCUT2D eigenvalue weighted by molar-refractivity contribution is 7.80. The second-order valence-corrected chi connectivity index (χ2v) is 7.70. The number of hydrogen-bond acceptors (Lipinski definition) is 3. The number of unbranched alkanes of at least 4 members (excludes halogenated alkanes) is 3. The highest BCUT2D eigenvalue weighted by Gasteiger charge is 2.08. The van der Waals surface area contributed by atoms with Gasteiger partial charge in [-0.3, -0.25) is 14.9 Å². The van der Waals surface area contributed by atoms with Crippen LogP contribution in [0.1, 0.15) is 68.3 Å². The molecule has 0 aliphatic heterocycles. The molecular formula is C24H31N3O2S. The first kappa shape index (κ1) is 23.5. The lowest BCUT2D eigenvalue weighted by molar-refractivity contribution is -0.116. The molecule has 0 unspecified atom stereocenters. The van der Waals surface area contributed by atoms with Crippen LogP contribution in [0.15, 0.2) is 48.5 Å². The number of carbonyl (C=O) groups is 2. The van der Waals surface area contributed by atoms with Gasteiger partial charge in [-0.15, -0.1) is 0 Å². The van der Waals surface area contributed by atoms with Crippen molar-refractivity contribution in [1.82, 2.24) is 5.32 Å². The van der Waals surface area contributed by atoms with Crippen LogP contribution >= 0.6 is 12.2 Å². The zero-order chi connectivity index (χ0) is 21.8. The van der Waals surface area contributed by atoms with Crippen molar-refractivity contribution in [3.8, 4) is 0 Å². The predicted octanol–water partition coefficient (Wildman–Crippen LogP) is 5.67. The van der Waals surface area contributed by atoms with E-state index >= 15 is 0 Å². The molecule has 2 aromatic rings. The van der Waals surface area contributed by atoms with Gasteiger partial charge in [0.05, 0.1) is 0 Å². The molecule has 0 fully saturated rings. The fourth-order valence-electron chi connectivity index (χ4n) is 2.94. The summed E-state index contributed by atoms with van der Waals surface area (Å²) in [6, 6.07) is 14.8. The number of amides is 2. The van der Waals surface area contributed by atoms with Crippen LogP contribution in [0.5, 0.6) is 0 Å². The summed E-state index contributed by atoms with van der Waals surface area (Å²) in [6.45, 7) is 4.27. The van der Waals surface area contributed by atoms with E-state index in [1.54, 1.807) is 12.1 Å². The maximum absolute atomic E-state index is 12.4. The van der Waals surface area contributed by atoms with Crippen molar-refractivity contribution in [1.29, 1.82) is 0 Å². The predicted molar refractivity (Wildman–Crippen MR) is 128 cm³/mol. The number of benzene rings is 2. The van der Waals surface area contributed by atoms with Crippen molar-refractivity contribution in [2.75, 3.05) is 10.6 Å². The lowest BCUT2D eigenvalue weighted by atomic mass is 10.1. The Morgan fingerprint density at radius 2 is 1.40 bits per heavy atom. The Morgan fingerprint density at radius 3 is 2.00 bits per heavy atom. The Hall–Kier alpha value is -2.73. The Morgan fingerprint density at radius 1 is 0.800 bits per heavy atom. The third-order valence-corrected chi connectivity index (χ3v) is 4.90. The SMILES string of the molecule is CCCCCC(=O)Nc1ccc(NC(=S)NC(=O)c2ccc(CCCC)cc2)cc1. The fourth-order valence-corrected chi connectivity index (χ4v) is 3.15. The molecule has 0 spiro atoms. The van der Waals surface area contributed by atoms with Crippen LogP contribution in [0.4, 0.5) is 11.4 Å². The Bertz CT molecular complexity index is 833. The van der Waals surface area contributed by atoms with Gasteiger partial charge in [-0.2, -0.15) is 0 Å². The lowest BCUT2D eigenvalue weighted by Gasteiger charge is -2.11. The van der Waals surface area contributed by atoms with Gasteiger partial charge in [0.2, 0.25) is 5.91 Å². The molecule has 0 aliphatic carbocycles. The monoisotopic (exact) mass is 425 g/mol. The summed E-state index contributed by atoms with van der Waals surface area (Å²) in [5.41, 5.74) is 3.27. The Labute approximate surface area is 184 Å². The molecule has 0 radical (unpaired) electrons. The molecule has 0 bridgehead atoms. The minimum absolute atomic E-state index is 0.0210. The third-order valence-electron chi connectivity index (χ3n) is 4.70. The number of nitrogens with one attached hydrogen (secondary N) is 3. The zero-order valence-electron chi connectivity index (χ0n) is 17.8. The molecule has 0 aliphatic rings. The zero-order valence-corrected chi connectivity index (χ0v) is 18.6. The molecular weight excluding hydrogens is 394 g/mol. The summed E-state index contributed by atoms with van der Waals surface area (Å²) < 4.78 is 0. The standard InChI is InChI=1S/C24H31N3O2S/c1-3-5-7-9-22(28)25-20-14-16-21(17-15-20)26-24(30)27-23(29)19-12-10-18(11-13-19)8-6-4-2/h10-17H,3-9H2,1-2H3,(H,25,28)(H2,26,27,29,30). The van der Waals surface area contributed by atoms with Crippen LogP contribution in [0, 0.1) is 0 Å². The van der Waals surface area contributed by atoms with E-state index in [1.165, 1.54) is 5.56 Å². The van der Waals surface area contributed by atoms with Gasteiger partial charge >= 0.3 is 0 Å². The molecule has 0 saturated carbocycles.